The van der Waals surface area contributed by atoms with Gasteiger partial charge in [0.25, 0.3) is 5.91 Å². The van der Waals surface area contributed by atoms with Gasteiger partial charge in [-0.15, -0.1) is 0 Å². The molecule has 6 nitrogen and oxygen atoms in total. The quantitative estimate of drug-likeness (QED) is 0.428. The van der Waals surface area contributed by atoms with E-state index in [1.54, 1.807) is 0 Å². The lowest BCUT2D eigenvalue weighted by molar-refractivity contribution is 0.0375. The van der Waals surface area contributed by atoms with Gasteiger partial charge in [0, 0.05) is 11.3 Å². The number of carbonyl (C=O) groups is 1. The van der Waals surface area contributed by atoms with Gasteiger partial charge < -0.3 is 26.4 Å². The fourth-order valence-corrected chi connectivity index (χ4v) is 1.33. The highest BCUT2D eigenvalue weighted by Crippen LogP contribution is 2.12. The van der Waals surface area contributed by atoms with Crippen molar-refractivity contribution in [2.75, 3.05) is 25.6 Å². The molecular formula is C11H15FN2O4. The largest absolute Gasteiger partial charge is 0.399 e. The van der Waals surface area contributed by atoms with Gasteiger partial charge >= 0.3 is 0 Å². The topological polar surface area (TPSA) is 116 Å². The van der Waals surface area contributed by atoms with E-state index >= 15 is 0 Å². The number of nitrogens with one attached hydrogen (secondary N) is 1. The molecule has 1 aromatic rings. The Hall–Kier alpha value is -1.70. The summed E-state index contributed by atoms with van der Waals surface area (Å²) in [5.41, 5.74) is 3.84. The van der Waals surface area contributed by atoms with Crippen molar-refractivity contribution < 1.29 is 24.5 Å². The second kappa shape index (κ2) is 5.76. The number of hydrogen-bond acceptors (Lipinski definition) is 5. The number of aliphatic hydroxyl groups excluding tert-OH is 3. The molecule has 0 saturated heterocycles. The summed E-state index contributed by atoms with van der Waals surface area (Å²) in [5, 5.41) is 29.4. The van der Waals surface area contributed by atoms with E-state index in [9.17, 15) is 9.18 Å². The number of nitrogen functional groups attached to an aromatic ring is 1. The first-order valence-electron chi connectivity index (χ1n) is 5.17. The van der Waals surface area contributed by atoms with Gasteiger partial charge in [-0.05, 0) is 18.2 Å². The van der Waals surface area contributed by atoms with Gasteiger partial charge in [-0.3, -0.25) is 4.79 Å². The normalized spacial score (nSPS) is 11.3. The number of carbonyl (C=O) groups excluding carboxylic acids is 1. The van der Waals surface area contributed by atoms with E-state index in [0.717, 1.165) is 12.1 Å². The van der Waals surface area contributed by atoms with E-state index in [4.69, 9.17) is 21.1 Å². The fraction of sp³-hybridized carbons (Fsp3) is 0.364. The highest BCUT2D eigenvalue weighted by molar-refractivity contribution is 5.95. The van der Waals surface area contributed by atoms with Crippen molar-refractivity contribution in [3.63, 3.8) is 0 Å². The molecule has 0 atom stereocenters. The molecule has 1 amide bonds. The Morgan fingerprint density at radius 1 is 1.22 bits per heavy atom. The van der Waals surface area contributed by atoms with Crippen LogP contribution in [-0.2, 0) is 0 Å². The van der Waals surface area contributed by atoms with E-state index in [0.29, 0.717) is 0 Å². The Bertz CT molecular complexity index is 407. The molecule has 0 fully saturated rings. The minimum atomic E-state index is -1.56. The molecule has 1 rings (SSSR count). The summed E-state index contributed by atoms with van der Waals surface area (Å²) in [6, 6.07) is 3.26. The van der Waals surface area contributed by atoms with Crippen LogP contribution in [0.5, 0.6) is 0 Å². The highest BCUT2D eigenvalue weighted by Gasteiger charge is 2.30. The summed E-state index contributed by atoms with van der Waals surface area (Å²) in [4.78, 5) is 11.8. The lowest BCUT2D eigenvalue weighted by Gasteiger charge is -2.28. The van der Waals surface area contributed by atoms with Crippen LogP contribution in [0.3, 0.4) is 0 Å². The predicted molar refractivity (Wildman–Crippen MR) is 62.3 cm³/mol. The van der Waals surface area contributed by atoms with E-state index in [1.807, 2.05) is 0 Å². The maximum atomic E-state index is 13.1. The van der Waals surface area contributed by atoms with Crippen molar-refractivity contribution in [3.05, 3.63) is 29.6 Å². The molecule has 0 bridgehead atoms. The summed E-state index contributed by atoms with van der Waals surface area (Å²) >= 11 is 0. The second-order valence-corrected chi connectivity index (χ2v) is 3.98. The molecule has 0 aliphatic heterocycles. The number of halogens is 1. The van der Waals surface area contributed by atoms with Gasteiger partial charge in [0.1, 0.15) is 11.4 Å². The summed E-state index contributed by atoms with van der Waals surface area (Å²) < 4.78 is 13.1. The summed E-state index contributed by atoms with van der Waals surface area (Å²) in [6.07, 6.45) is 0. The lowest BCUT2D eigenvalue weighted by Crippen LogP contribution is -2.57. The zero-order valence-electron chi connectivity index (χ0n) is 9.56. The molecule has 100 valence electrons. The SMILES string of the molecule is Nc1cc(F)cc(C(=O)NC(CO)(CO)CO)c1. The van der Waals surface area contributed by atoms with Gasteiger partial charge in [0.15, 0.2) is 0 Å². The smallest absolute Gasteiger partial charge is 0.252 e. The van der Waals surface area contributed by atoms with Gasteiger partial charge in [0.05, 0.1) is 19.8 Å². The standard InChI is InChI=1S/C11H15FN2O4/c12-8-1-7(2-9(13)3-8)10(18)14-11(4-15,5-16)6-17/h1-3,15-17H,4-6,13H2,(H,14,18). The van der Waals surface area contributed by atoms with Crippen LogP contribution in [0.25, 0.3) is 0 Å². The third kappa shape index (κ3) is 3.16. The molecule has 7 heteroatoms. The van der Waals surface area contributed by atoms with Crippen LogP contribution < -0.4 is 11.1 Å². The first-order chi connectivity index (χ1) is 8.46. The number of amides is 1. The Morgan fingerprint density at radius 3 is 2.22 bits per heavy atom. The first kappa shape index (κ1) is 14.4. The molecule has 0 unspecified atom stereocenters. The number of nitrogens with two attached hydrogens (primary N) is 1. The Labute approximate surface area is 103 Å². The zero-order chi connectivity index (χ0) is 13.8. The first-order valence-corrected chi connectivity index (χ1v) is 5.17. The van der Waals surface area contributed by atoms with Crippen molar-refractivity contribution in [1.82, 2.24) is 5.32 Å². The molecule has 0 heterocycles. The van der Waals surface area contributed by atoms with Crippen molar-refractivity contribution >= 4 is 11.6 Å². The summed E-state index contributed by atoms with van der Waals surface area (Å²) in [7, 11) is 0. The monoisotopic (exact) mass is 258 g/mol. The van der Waals surface area contributed by atoms with Crippen molar-refractivity contribution in [1.29, 1.82) is 0 Å². The van der Waals surface area contributed by atoms with Crippen LogP contribution in [0.2, 0.25) is 0 Å². The van der Waals surface area contributed by atoms with Crippen LogP contribution in [-0.4, -0.2) is 46.6 Å². The fourth-order valence-electron chi connectivity index (χ4n) is 1.33. The Balaban J connectivity index is 2.94. The average molecular weight is 258 g/mol. The third-order valence-corrected chi connectivity index (χ3v) is 2.47. The van der Waals surface area contributed by atoms with Crippen molar-refractivity contribution in [3.8, 4) is 0 Å². The number of rotatable bonds is 5. The summed E-state index contributed by atoms with van der Waals surface area (Å²) in [5.74, 6) is -1.43. The molecule has 0 saturated carbocycles. The molecule has 0 aromatic heterocycles. The third-order valence-electron chi connectivity index (χ3n) is 2.47. The minimum absolute atomic E-state index is 0.0628. The molecule has 6 N–H and O–H groups in total. The van der Waals surface area contributed by atoms with Crippen LogP contribution in [0, 0.1) is 5.82 Å². The van der Waals surface area contributed by atoms with Gasteiger partial charge in [-0.2, -0.15) is 0 Å². The zero-order valence-corrected chi connectivity index (χ0v) is 9.56. The van der Waals surface area contributed by atoms with E-state index in [1.165, 1.54) is 6.07 Å². The molecule has 0 aliphatic carbocycles. The number of hydrogen-bond donors (Lipinski definition) is 5. The maximum absolute atomic E-state index is 13.1. The van der Waals surface area contributed by atoms with Gasteiger partial charge in [0.2, 0.25) is 0 Å². The minimum Gasteiger partial charge on any atom is -0.399 e. The molecule has 18 heavy (non-hydrogen) atoms. The Kier molecular flexibility index (Phi) is 4.60. The van der Waals surface area contributed by atoms with E-state index in [2.05, 4.69) is 5.32 Å². The second-order valence-electron chi connectivity index (χ2n) is 3.98. The molecule has 1 aromatic carbocycles. The molecule has 0 spiro atoms. The van der Waals surface area contributed by atoms with Crippen molar-refractivity contribution in [2.24, 2.45) is 0 Å². The molecular weight excluding hydrogens is 243 g/mol. The van der Waals surface area contributed by atoms with E-state index < -0.39 is 37.1 Å². The molecule has 0 radical (unpaired) electrons. The lowest BCUT2D eigenvalue weighted by atomic mass is 10.0. The van der Waals surface area contributed by atoms with Crippen LogP contribution in [0.1, 0.15) is 10.4 Å². The average Bonchev–Trinajstić information content (AvgIpc) is 2.35. The van der Waals surface area contributed by atoms with Crippen LogP contribution in [0.4, 0.5) is 10.1 Å². The Morgan fingerprint density at radius 2 is 1.78 bits per heavy atom. The number of benzene rings is 1. The molecule has 0 aliphatic rings. The van der Waals surface area contributed by atoms with Crippen molar-refractivity contribution in [2.45, 2.75) is 5.54 Å². The number of aliphatic hydroxyl groups is 3. The maximum Gasteiger partial charge on any atom is 0.252 e. The predicted octanol–water partition coefficient (Wildman–Crippen LogP) is -1.15. The number of anilines is 1. The van der Waals surface area contributed by atoms with Crippen LogP contribution in [0.15, 0.2) is 18.2 Å². The highest BCUT2D eigenvalue weighted by atomic mass is 19.1. The van der Waals surface area contributed by atoms with Gasteiger partial charge in [-0.1, -0.05) is 0 Å². The summed E-state index contributed by atoms with van der Waals surface area (Å²) in [6.45, 7) is -1.97. The van der Waals surface area contributed by atoms with Gasteiger partial charge in [-0.25, -0.2) is 4.39 Å². The van der Waals surface area contributed by atoms with E-state index in [-0.39, 0.29) is 11.3 Å². The van der Waals surface area contributed by atoms with Crippen LogP contribution >= 0.6 is 0 Å².